The van der Waals surface area contributed by atoms with Crippen LogP contribution in [0.1, 0.15) is 49.4 Å². The molecule has 41 heavy (non-hydrogen) atoms. The summed E-state index contributed by atoms with van der Waals surface area (Å²) in [7, 11) is -2.57. The average Bonchev–Trinajstić information content (AvgIpc) is 2.95. The van der Waals surface area contributed by atoms with Gasteiger partial charge in [-0.1, -0.05) is 48.9 Å². The van der Waals surface area contributed by atoms with Crippen molar-refractivity contribution in [3.63, 3.8) is 0 Å². The monoisotopic (exact) mass is 579 g/mol. The molecule has 2 atom stereocenters. The van der Waals surface area contributed by atoms with E-state index in [2.05, 4.69) is 5.32 Å². The smallest absolute Gasteiger partial charge is 0.264 e. The molecule has 0 aliphatic carbocycles. The van der Waals surface area contributed by atoms with E-state index in [4.69, 9.17) is 4.74 Å². The van der Waals surface area contributed by atoms with E-state index in [0.29, 0.717) is 11.4 Å². The van der Waals surface area contributed by atoms with Crippen LogP contribution in [0.3, 0.4) is 0 Å². The van der Waals surface area contributed by atoms with Crippen molar-refractivity contribution in [3.8, 4) is 5.75 Å². The third-order valence-corrected chi connectivity index (χ3v) is 9.16. The molecule has 0 spiro atoms. The highest BCUT2D eigenvalue weighted by Crippen LogP contribution is 2.29. The number of sulfonamides is 1. The molecule has 3 aromatic carbocycles. The molecule has 0 heterocycles. The molecule has 3 aromatic rings. The first-order valence-electron chi connectivity index (χ1n) is 13.8. The summed E-state index contributed by atoms with van der Waals surface area (Å²) < 4.78 is 34.6. The summed E-state index contributed by atoms with van der Waals surface area (Å²) in [6.07, 6.45) is 0.734. The molecule has 220 valence electrons. The highest BCUT2D eigenvalue weighted by atomic mass is 32.2. The van der Waals surface area contributed by atoms with Gasteiger partial charge in [0.1, 0.15) is 18.3 Å². The number of hydrogen-bond acceptors (Lipinski definition) is 5. The maximum Gasteiger partial charge on any atom is 0.264 e. The van der Waals surface area contributed by atoms with Crippen LogP contribution in [0.4, 0.5) is 5.69 Å². The molecular formula is C32H41N3O5S. The van der Waals surface area contributed by atoms with E-state index in [0.717, 1.165) is 33.0 Å². The minimum atomic E-state index is -4.13. The lowest BCUT2D eigenvalue weighted by Crippen LogP contribution is -2.52. The van der Waals surface area contributed by atoms with Crippen LogP contribution in [0.5, 0.6) is 5.75 Å². The van der Waals surface area contributed by atoms with E-state index in [1.165, 1.54) is 4.90 Å². The Bertz CT molecular complexity index is 1470. The Hall–Kier alpha value is -3.85. The van der Waals surface area contributed by atoms with Gasteiger partial charge in [0.2, 0.25) is 11.8 Å². The van der Waals surface area contributed by atoms with Crippen LogP contribution in [0.2, 0.25) is 0 Å². The van der Waals surface area contributed by atoms with Crippen LogP contribution in [0.15, 0.2) is 71.6 Å². The second-order valence-electron chi connectivity index (χ2n) is 10.4. The predicted molar refractivity (Wildman–Crippen MR) is 163 cm³/mol. The molecule has 8 nitrogen and oxygen atoms in total. The number of aryl methyl sites for hydroxylation is 2. The molecule has 0 aromatic heterocycles. The van der Waals surface area contributed by atoms with Crippen molar-refractivity contribution in [3.05, 3.63) is 89.0 Å². The summed E-state index contributed by atoms with van der Waals surface area (Å²) in [5.41, 5.74) is 3.73. The fourth-order valence-corrected chi connectivity index (χ4v) is 5.84. The zero-order valence-corrected chi connectivity index (χ0v) is 25.8. The van der Waals surface area contributed by atoms with E-state index < -0.39 is 28.5 Å². The van der Waals surface area contributed by atoms with Crippen molar-refractivity contribution < 1.29 is 22.7 Å². The first-order chi connectivity index (χ1) is 19.4. The van der Waals surface area contributed by atoms with E-state index in [1.54, 1.807) is 62.6 Å². The Morgan fingerprint density at radius 1 is 0.951 bits per heavy atom. The van der Waals surface area contributed by atoms with Crippen LogP contribution in [0.25, 0.3) is 0 Å². The van der Waals surface area contributed by atoms with Gasteiger partial charge < -0.3 is 15.0 Å². The summed E-state index contributed by atoms with van der Waals surface area (Å²) in [6, 6.07) is 18.2. The predicted octanol–water partition coefficient (Wildman–Crippen LogP) is 5.15. The Labute approximate surface area is 244 Å². The molecule has 0 aliphatic heterocycles. The van der Waals surface area contributed by atoms with Gasteiger partial charge in [0.05, 0.1) is 17.7 Å². The van der Waals surface area contributed by atoms with Gasteiger partial charge in [-0.25, -0.2) is 8.42 Å². The highest BCUT2D eigenvalue weighted by Gasteiger charge is 2.33. The molecule has 0 saturated heterocycles. The highest BCUT2D eigenvalue weighted by molar-refractivity contribution is 7.92. The van der Waals surface area contributed by atoms with Crippen molar-refractivity contribution in [1.82, 2.24) is 10.2 Å². The number of nitrogens with zero attached hydrogens (tertiary/aromatic N) is 2. The molecule has 9 heteroatoms. The van der Waals surface area contributed by atoms with E-state index in [9.17, 15) is 18.0 Å². The van der Waals surface area contributed by atoms with E-state index in [1.807, 2.05) is 52.8 Å². The van der Waals surface area contributed by atoms with Crippen LogP contribution in [-0.4, -0.2) is 50.9 Å². The van der Waals surface area contributed by atoms with Gasteiger partial charge in [0.25, 0.3) is 10.0 Å². The first-order valence-corrected chi connectivity index (χ1v) is 15.2. The van der Waals surface area contributed by atoms with Gasteiger partial charge in [-0.3, -0.25) is 13.9 Å². The molecule has 0 aliphatic rings. The van der Waals surface area contributed by atoms with Gasteiger partial charge in [-0.05, 0) is 88.1 Å². The Morgan fingerprint density at radius 2 is 1.61 bits per heavy atom. The Balaban J connectivity index is 2.08. The first kappa shape index (κ1) is 31.7. The maximum absolute atomic E-state index is 14.1. The second-order valence-corrected chi connectivity index (χ2v) is 12.3. The Kier molecular flexibility index (Phi) is 10.6. The van der Waals surface area contributed by atoms with E-state index >= 15 is 0 Å². The van der Waals surface area contributed by atoms with Gasteiger partial charge >= 0.3 is 0 Å². The quantitative estimate of drug-likeness (QED) is 0.320. The molecule has 0 saturated carbocycles. The van der Waals surface area contributed by atoms with Gasteiger partial charge in [-0.2, -0.15) is 0 Å². The van der Waals surface area contributed by atoms with Crippen molar-refractivity contribution in [1.29, 1.82) is 0 Å². The fourth-order valence-electron chi connectivity index (χ4n) is 4.37. The van der Waals surface area contributed by atoms with Gasteiger partial charge in [-0.15, -0.1) is 0 Å². The zero-order chi connectivity index (χ0) is 30.3. The molecule has 3 rings (SSSR count). The van der Waals surface area contributed by atoms with Crippen LogP contribution >= 0.6 is 0 Å². The number of nitrogens with one attached hydrogen (secondary N) is 1. The standard InChI is InChI=1S/C32H41N3O5S/c1-8-24(4)33-32(37)26(6)34(20-27-12-10-13-28(19-27)40-7)31(36)21-35(30-14-9-11-23(3)25(30)5)41(38,39)29-17-15-22(2)16-18-29/h9-19,24,26H,8,20-21H2,1-7H3,(H,33,37)/t24-,26-/m0/s1. The van der Waals surface area contributed by atoms with Crippen molar-refractivity contribution in [2.45, 2.75) is 71.5 Å². The van der Waals surface area contributed by atoms with Crippen molar-refractivity contribution >= 4 is 27.5 Å². The Morgan fingerprint density at radius 3 is 2.24 bits per heavy atom. The summed E-state index contributed by atoms with van der Waals surface area (Å²) in [6.45, 7) is 10.7. The third-order valence-electron chi connectivity index (χ3n) is 7.39. The summed E-state index contributed by atoms with van der Waals surface area (Å²) >= 11 is 0. The average molecular weight is 580 g/mol. The number of benzene rings is 3. The SMILES string of the molecule is CC[C@H](C)NC(=O)[C@H](C)N(Cc1cccc(OC)c1)C(=O)CN(c1cccc(C)c1C)S(=O)(=O)c1ccc(C)cc1. The fraction of sp³-hybridized carbons (Fsp3) is 0.375. The maximum atomic E-state index is 14.1. The molecule has 2 amide bonds. The van der Waals surface area contributed by atoms with Crippen LogP contribution in [0, 0.1) is 20.8 Å². The molecule has 0 unspecified atom stereocenters. The number of methoxy groups -OCH3 is 1. The molecular weight excluding hydrogens is 538 g/mol. The lowest BCUT2D eigenvalue weighted by atomic mass is 10.1. The number of hydrogen-bond donors (Lipinski definition) is 1. The lowest BCUT2D eigenvalue weighted by Gasteiger charge is -2.33. The lowest BCUT2D eigenvalue weighted by molar-refractivity contribution is -0.139. The number of ether oxygens (including phenoxy) is 1. The summed E-state index contributed by atoms with van der Waals surface area (Å²) in [5.74, 6) is -0.197. The molecule has 1 N–H and O–H groups in total. The van der Waals surface area contributed by atoms with Crippen LogP contribution in [-0.2, 0) is 26.2 Å². The minimum Gasteiger partial charge on any atom is -0.497 e. The molecule has 0 radical (unpaired) electrons. The summed E-state index contributed by atoms with van der Waals surface area (Å²) in [4.78, 5) is 28.8. The topological polar surface area (TPSA) is 96.0 Å². The number of amides is 2. The van der Waals surface area contributed by atoms with Crippen molar-refractivity contribution in [2.75, 3.05) is 18.0 Å². The second kappa shape index (κ2) is 13.7. The van der Waals surface area contributed by atoms with Crippen molar-refractivity contribution in [2.24, 2.45) is 0 Å². The van der Waals surface area contributed by atoms with Crippen LogP contribution < -0.4 is 14.4 Å². The summed E-state index contributed by atoms with van der Waals surface area (Å²) in [5, 5.41) is 2.95. The number of carbonyl (C=O) groups is 2. The van der Waals surface area contributed by atoms with Gasteiger partial charge in [0.15, 0.2) is 0 Å². The molecule has 0 bridgehead atoms. The zero-order valence-electron chi connectivity index (χ0n) is 25.0. The van der Waals surface area contributed by atoms with E-state index in [-0.39, 0.29) is 23.4 Å². The normalized spacial score (nSPS) is 12.8. The largest absolute Gasteiger partial charge is 0.497 e. The van der Waals surface area contributed by atoms with Gasteiger partial charge in [0, 0.05) is 12.6 Å². The number of anilines is 1. The third kappa shape index (κ3) is 7.67. The minimum absolute atomic E-state index is 0.0768. The molecule has 0 fully saturated rings. The number of rotatable bonds is 12. The number of carbonyl (C=O) groups excluding carboxylic acids is 2.